The molecule has 1 heterocycles. The van der Waals surface area contributed by atoms with Crippen molar-refractivity contribution in [1.82, 2.24) is 9.78 Å². The fourth-order valence-electron chi connectivity index (χ4n) is 3.49. The molecule has 0 atom stereocenters. The van der Waals surface area contributed by atoms with Crippen LogP contribution in [0.2, 0.25) is 0 Å². The van der Waals surface area contributed by atoms with Crippen molar-refractivity contribution in [2.45, 2.75) is 40.5 Å². The smallest absolute Gasteiger partial charge is 0.255 e. The van der Waals surface area contributed by atoms with Gasteiger partial charge in [-0.25, -0.2) is 4.68 Å². The van der Waals surface area contributed by atoms with Gasteiger partial charge in [-0.15, -0.1) is 0 Å². The van der Waals surface area contributed by atoms with E-state index < -0.39 is 0 Å². The van der Waals surface area contributed by atoms with E-state index in [9.17, 15) is 4.79 Å². The number of carbonyl (C=O) groups excluding carboxylic acids is 1. The van der Waals surface area contributed by atoms with E-state index >= 15 is 0 Å². The molecule has 0 unspecified atom stereocenters. The first-order valence-corrected chi connectivity index (χ1v) is 11.3. The van der Waals surface area contributed by atoms with Gasteiger partial charge in [0.2, 0.25) is 0 Å². The van der Waals surface area contributed by atoms with Crippen LogP contribution in [0.3, 0.4) is 0 Å². The summed E-state index contributed by atoms with van der Waals surface area (Å²) >= 11 is 0. The van der Waals surface area contributed by atoms with Gasteiger partial charge < -0.3 is 14.8 Å². The minimum absolute atomic E-state index is 0.204. The Morgan fingerprint density at radius 2 is 1.79 bits per heavy atom. The van der Waals surface area contributed by atoms with Crippen LogP contribution in [0.5, 0.6) is 11.5 Å². The molecule has 0 saturated heterocycles. The second-order valence-corrected chi connectivity index (χ2v) is 8.25. The monoisotopic (exact) mass is 455 g/mol. The second kappa shape index (κ2) is 10.7. The highest BCUT2D eigenvalue weighted by Gasteiger charge is 2.10. The van der Waals surface area contributed by atoms with E-state index in [-0.39, 0.29) is 12.6 Å². The van der Waals surface area contributed by atoms with Gasteiger partial charge in [0, 0.05) is 5.56 Å². The van der Waals surface area contributed by atoms with Gasteiger partial charge in [-0.05, 0) is 72.9 Å². The molecule has 0 spiro atoms. The number of hydrogen-bond donors (Lipinski definition) is 1. The highest BCUT2D eigenvalue weighted by molar-refractivity contribution is 6.04. The standard InChI is InChI=1S/C28H29N3O3/c1-4-22-10-12-26(13-11-22)34-19-31-17-25(16-29-31)30-28(32)24-7-5-6-23(15-24)18-33-27-14-20(2)8-9-21(27)3/h5-17H,4,18-19H2,1-3H3,(H,30,32). The van der Waals surface area contributed by atoms with Gasteiger partial charge in [-0.3, -0.25) is 4.79 Å². The van der Waals surface area contributed by atoms with Gasteiger partial charge in [0.25, 0.3) is 5.91 Å². The Bertz CT molecular complexity index is 1260. The summed E-state index contributed by atoms with van der Waals surface area (Å²) in [7, 11) is 0. The zero-order valence-corrected chi connectivity index (χ0v) is 19.7. The summed E-state index contributed by atoms with van der Waals surface area (Å²) in [4.78, 5) is 12.8. The van der Waals surface area contributed by atoms with Gasteiger partial charge in [-0.1, -0.05) is 43.3 Å². The third-order valence-electron chi connectivity index (χ3n) is 5.51. The summed E-state index contributed by atoms with van der Waals surface area (Å²) < 4.78 is 13.4. The van der Waals surface area contributed by atoms with Crippen molar-refractivity contribution in [3.05, 3.63) is 107 Å². The second-order valence-electron chi connectivity index (χ2n) is 8.25. The van der Waals surface area contributed by atoms with E-state index in [0.717, 1.165) is 34.6 Å². The molecule has 6 heteroatoms. The third kappa shape index (κ3) is 6.04. The van der Waals surface area contributed by atoms with Gasteiger partial charge in [0.15, 0.2) is 6.73 Å². The van der Waals surface area contributed by atoms with E-state index in [2.05, 4.69) is 23.4 Å². The SMILES string of the molecule is CCc1ccc(OCn2cc(NC(=O)c3cccc(COc4cc(C)ccc4C)c3)cn2)cc1. The summed E-state index contributed by atoms with van der Waals surface area (Å²) in [5.41, 5.74) is 5.57. The first-order chi connectivity index (χ1) is 16.5. The van der Waals surface area contributed by atoms with Crippen molar-refractivity contribution >= 4 is 11.6 Å². The third-order valence-corrected chi connectivity index (χ3v) is 5.51. The molecule has 3 aromatic carbocycles. The van der Waals surface area contributed by atoms with Crippen LogP contribution >= 0.6 is 0 Å². The highest BCUT2D eigenvalue weighted by atomic mass is 16.5. The Morgan fingerprint density at radius 3 is 2.59 bits per heavy atom. The number of ether oxygens (including phenoxy) is 2. The number of anilines is 1. The Labute approximate surface area is 200 Å². The highest BCUT2D eigenvalue weighted by Crippen LogP contribution is 2.21. The molecule has 4 rings (SSSR count). The molecule has 0 aliphatic heterocycles. The molecule has 0 aliphatic carbocycles. The molecule has 0 aliphatic rings. The van der Waals surface area contributed by atoms with Crippen LogP contribution in [0.4, 0.5) is 5.69 Å². The van der Waals surface area contributed by atoms with Crippen LogP contribution in [0.25, 0.3) is 0 Å². The predicted octanol–water partition coefficient (Wildman–Crippen LogP) is 5.93. The van der Waals surface area contributed by atoms with Crippen LogP contribution < -0.4 is 14.8 Å². The van der Waals surface area contributed by atoms with Crippen LogP contribution in [0, 0.1) is 13.8 Å². The first kappa shape index (κ1) is 23.1. The molecule has 6 nitrogen and oxygen atoms in total. The largest absolute Gasteiger partial charge is 0.489 e. The molecular weight excluding hydrogens is 426 g/mol. The van der Waals surface area contributed by atoms with Crippen LogP contribution in [0.1, 0.15) is 39.5 Å². The average molecular weight is 456 g/mol. The molecule has 0 bridgehead atoms. The van der Waals surface area contributed by atoms with E-state index in [4.69, 9.17) is 9.47 Å². The van der Waals surface area contributed by atoms with Crippen LogP contribution in [-0.4, -0.2) is 15.7 Å². The molecule has 4 aromatic rings. The molecule has 1 N–H and O–H groups in total. The van der Waals surface area contributed by atoms with Crippen molar-refractivity contribution in [3.63, 3.8) is 0 Å². The maximum absolute atomic E-state index is 12.8. The number of benzene rings is 3. The van der Waals surface area contributed by atoms with Gasteiger partial charge in [-0.2, -0.15) is 5.10 Å². The lowest BCUT2D eigenvalue weighted by Crippen LogP contribution is -2.12. The number of nitrogens with one attached hydrogen (secondary N) is 1. The molecule has 0 saturated carbocycles. The maximum atomic E-state index is 12.8. The molecule has 174 valence electrons. The number of aromatic nitrogens is 2. The van der Waals surface area contributed by atoms with E-state index in [1.165, 1.54) is 5.56 Å². The number of aryl methyl sites for hydroxylation is 3. The van der Waals surface area contributed by atoms with E-state index in [1.54, 1.807) is 23.1 Å². The summed E-state index contributed by atoms with van der Waals surface area (Å²) in [5, 5.41) is 7.16. The van der Waals surface area contributed by atoms with Gasteiger partial charge in [0.1, 0.15) is 18.1 Å². The molecule has 1 aromatic heterocycles. The summed E-state index contributed by atoms with van der Waals surface area (Å²) in [6.45, 7) is 6.82. The van der Waals surface area contributed by atoms with E-state index in [0.29, 0.717) is 17.9 Å². The Hall–Kier alpha value is -4.06. The van der Waals surface area contributed by atoms with Gasteiger partial charge in [0.05, 0.1) is 18.1 Å². The van der Waals surface area contributed by atoms with Crippen molar-refractivity contribution in [2.75, 3.05) is 5.32 Å². The Kier molecular flexibility index (Phi) is 7.28. The molecule has 0 fully saturated rings. The summed E-state index contributed by atoms with van der Waals surface area (Å²) in [5.74, 6) is 1.42. The Balaban J connectivity index is 1.33. The Morgan fingerprint density at radius 1 is 0.971 bits per heavy atom. The molecular formula is C28H29N3O3. The quantitative estimate of drug-likeness (QED) is 0.340. The van der Waals surface area contributed by atoms with Crippen LogP contribution in [-0.2, 0) is 19.8 Å². The minimum atomic E-state index is -0.204. The first-order valence-electron chi connectivity index (χ1n) is 11.3. The zero-order valence-electron chi connectivity index (χ0n) is 19.7. The number of amides is 1. The zero-order chi connectivity index (χ0) is 23.9. The van der Waals surface area contributed by atoms with Crippen LogP contribution in [0.15, 0.2) is 79.1 Å². The lowest BCUT2D eigenvalue weighted by atomic mass is 10.1. The predicted molar refractivity (Wildman–Crippen MR) is 133 cm³/mol. The number of hydrogen-bond acceptors (Lipinski definition) is 4. The minimum Gasteiger partial charge on any atom is -0.489 e. The topological polar surface area (TPSA) is 65.4 Å². The fraction of sp³-hybridized carbons (Fsp3) is 0.214. The van der Waals surface area contributed by atoms with Crippen molar-refractivity contribution < 1.29 is 14.3 Å². The van der Waals surface area contributed by atoms with Crippen molar-refractivity contribution in [1.29, 1.82) is 0 Å². The number of nitrogens with zero attached hydrogens (tertiary/aromatic N) is 2. The summed E-state index contributed by atoms with van der Waals surface area (Å²) in [6.07, 6.45) is 4.34. The maximum Gasteiger partial charge on any atom is 0.255 e. The van der Waals surface area contributed by atoms with Crippen molar-refractivity contribution in [3.8, 4) is 11.5 Å². The number of carbonyl (C=O) groups is 1. The molecule has 34 heavy (non-hydrogen) atoms. The average Bonchev–Trinajstić information content (AvgIpc) is 3.31. The lowest BCUT2D eigenvalue weighted by Gasteiger charge is -2.11. The normalized spacial score (nSPS) is 10.7. The van der Waals surface area contributed by atoms with Gasteiger partial charge >= 0.3 is 0 Å². The molecule has 0 radical (unpaired) electrons. The summed E-state index contributed by atoms with van der Waals surface area (Å²) in [6, 6.07) is 21.5. The number of rotatable bonds is 9. The molecule has 1 amide bonds. The van der Waals surface area contributed by atoms with E-state index in [1.807, 2.05) is 68.4 Å². The fourth-order valence-corrected chi connectivity index (χ4v) is 3.49. The van der Waals surface area contributed by atoms with Crippen molar-refractivity contribution in [2.24, 2.45) is 0 Å². The lowest BCUT2D eigenvalue weighted by molar-refractivity contribution is 0.102.